The Morgan fingerprint density at radius 1 is 1.21 bits per heavy atom. The summed E-state index contributed by atoms with van der Waals surface area (Å²) in [6.45, 7) is 3.68. The highest BCUT2D eigenvalue weighted by molar-refractivity contribution is 7.88. The van der Waals surface area contributed by atoms with Crippen LogP contribution >= 0.6 is 0 Å². The predicted octanol–water partition coefficient (Wildman–Crippen LogP) is 2.20. The number of hydrogen-bond donors (Lipinski definition) is 1. The van der Waals surface area contributed by atoms with Crippen molar-refractivity contribution in [2.24, 2.45) is 0 Å². The summed E-state index contributed by atoms with van der Waals surface area (Å²) in [6.07, 6.45) is 4.84. The van der Waals surface area contributed by atoms with Crippen molar-refractivity contribution >= 4 is 10.0 Å². The summed E-state index contributed by atoms with van der Waals surface area (Å²) >= 11 is 0. The molecule has 0 radical (unpaired) electrons. The summed E-state index contributed by atoms with van der Waals surface area (Å²) in [5.74, 6) is 0.649. The largest absolute Gasteiger partial charge is 0.447 e. The first kappa shape index (κ1) is 16.2. The second-order valence-electron chi connectivity index (χ2n) is 4.75. The lowest BCUT2D eigenvalue weighted by Gasteiger charge is -2.07. The van der Waals surface area contributed by atoms with Gasteiger partial charge in [-0.15, -0.1) is 0 Å². The van der Waals surface area contributed by atoms with E-state index in [0.717, 1.165) is 17.3 Å². The number of nitrogens with one attached hydrogen (secondary N) is 1. The Balaban J connectivity index is 2.40. The summed E-state index contributed by atoms with van der Waals surface area (Å²) in [6, 6.07) is 3.21. The zero-order valence-corrected chi connectivity index (χ0v) is 12.8. The Labute approximate surface area is 116 Å². The van der Waals surface area contributed by atoms with Crippen LogP contribution in [0.25, 0.3) is 0 Å². The van der Waals surface area contributed by atoms with E-state index in [1.807, 2.05) is 0 Å². The molecule has 0 amide bonds. The van der Waals surface area contributed by atoms with Crippen LogP contribution in [0.1, 0.15) is 38.4 Å². The number of unbranched alkanes of at least 4 members (excludes halogenated alkanes) is 3. The molecular formula is C13H24N2O3S. The first-order valence-electron chi connectivity index (χ1n) is 6.70. The molecule has 0 atom stereocenters. The van der Waals surface area contributed by atoms with Gasteiger partial charge in [0.1, 0.15) is 5.76 Å². The van der Waals surface area contributed by atoms with Crippen LogP contribution in [0.4, 0.5) is 0 Å². The Morgan fingerprint density at radius 2 is 1.95 bits per heavy atom. The van der Waals surface area contributed by atoms with Gasteiger partial charge in [-0.3, -0.25) is 0 Å². The van der Waals surface area contributed by atoms with Gasteiger partial charge in [0.25, 0.3) is 10.0 Å². The van der Waals surface area contributed by atoms with Crippen molar-refractivity contribution in [3.05, 3.63) is 17.9 Å². The summed E-state index contributed by atoms with van der Waals surface area (Å²) in [4.78, 5) is 0. The van der Waals surface area contributed by atoms with Gasteiger partial charge in [-0.1, -0.05) is 26.2 Å². The topological polar surface area (TPSA) is 62.6 Å². The Morgan fingerprint density at radius 3 is 2.58 bits per heavy atom. The van der Waals surface area contributed by atoms with E-state index < -0.39 is 10.0 Å². The van der Waals surface area contributed by atoms with Crippen molar-refractivity contribution in [1.29, 1.82) is 0 Å². The molecule has 0 aliphatic heterocycles. The number of nitrogens with zero attached hydrogens (tertiary/aromatic N) is 1. The molecule has 1 rings (SSSR count). The SMILES string of the molecule is CCCCCCNCc1ccc(S(=O)(=O)N(C)C)o1. The quantitative estimate of drug-likeness (QED) is 0.708. The highest BCUT2D eigenvalue weighted by Gasteiger charge is 2.21. The second-order valence-corrected chi connectivity index (χ2v) is 6.83. The lowest BCUT2D eigenvalue weighted by Crippen LogP contribution is -2.21. The van der Waals surface area contributed by atoms with Crippen LogP contribution in [-0.4, -0.2) is 33.4 Å². The van der Waals surface area contributed by atoms with Crippen molar-refractivity contribution in [2.75, 3.05) is 20.6 Å². The van der Waals surface area contributed by atoms with E-state index in [9.17, 15) is 8.42 Å². The van der Waals surface area contributed by atoms with Crippen molar-refractivity contribution in [1.82, 2.24) is 9.62 Å². The molecule has 0 aliphatic carbocycles. The average Bonchev–Trinajstić information content (AvgIpc) is 2.82. The van der Waals surface area contributed by atoms with Gasteiger partial charge in [0.05, 0.1) is 6.54 Å². The third-order valence-corrected chi connectivity index (χ3v) is 4.57. The normalized spacial score (nSPS) is 12.2. The third-order valence-electron chi connectivity index (χ3n) is 2.88. The van der Waals surface area contributed by atoms with Gasteiger partial charge >= 0.3 is 0 Å². The maximum atomic E-state index is 11.8. The summed E-state index contributed by atoms with van der Waals surface area (Å²) in [5, 5.41) is 3.25. The van der Waals surface area contributed by atoms with Crippen LogP contribution in [0, 0.1) is 0 Å². The van der Waals surface area contributed by atoms with E-state index in [4.69, 9.17) is 4.42 Å². The molecule has 19 heavy (non-hydrogen) atoms. The van der Waals surface area contributed by atoms with E-state index >= 15 is 0 Å². The van der Waals surface area contributed by atoms with E-state index in [2.05, 4.69) is 12.2 Å². The molecule has 5 nitrogen and oxygen atoms in total. The van der Waals surface area contributed by atoms with Crippen molar-refractivity contribution in [3.63, 3.8) is 0 Å². The highest BCUT2D eigenvalue weighted by atomic mass is 32.2. The van der Waals surface area contributed by atoms with Gasteiger partial charge < -0.3 is 9.73 Å². The van der Waals surface area contributed by atoms with Gasteiger partial charge in [-0.05, 0) is 25.1 Å². The summed E-state index contributed by atoms with van der Waals surface area (Å²) in [5.41, 5.74) is 0. The minimum atomic E-state index is -3.46. The fourth-order valence-corrected chi connectivity index (χ4v) is 2.47. The van der Waals surface area contributed by atoms with Crippen LogP contribution in [-0.2, 0) is 16.6 Å². The van der Waals surface area contributed by atoms with Gasteiger partial charge in [0.2, 0.25) is 5.09 Å². The number of sulfonamides is 1. The van der Waals surface area contributed by atoms with E-state index in [1.54, 1.807) is 6.07 Å². The lowest BCUT2D eigenvalue weighted by molar-refractivity contribution is 0.388. The third kappa shape index (κ3) is 4.97. The minimum Gasteiger partial charge on any atom is -0.447 e. The lowest BCUT2D eigenvalue weighted by atomic mass is 10.2. The molecule has 0 aromatic carbocycles. The molecule has 0 unspecified atom stereocenters. The van der Waals surface area contributed by atoms with Crippen LogP contribution in [0.5, 0.6) is 0 Å². The van der Waals surface area contributed by atoms with Crippen LogP contribution in [0.2, 0.25) is 0 Å². The average molecular weight is 288 g/mol. The van der Waals surface area contributed by atoms with E-state index in [-0.39, 0.29) is 5.09 Å². The predicted molar refractivity (Wildman–Crippen MR) is 75.4 cm³/mol. The molecule has 6 heteroatoms. The highest BCUT2D eigenvalue weighted by Crippen LogP contribution is 2.16. The van der Waals surface area contributed by atoms with Gasteiger partial charge in [-0.2, -0.15) is 0 Å². The molecule has 0 saturated heterocycles. The van der Waals surface area contributed by atoms with Crippen LogP contribution < -0.4 is 5.32 Å². The van der Waals surface area contributed by atoms with E-state index in [0.29, 0.717) is 12.3 Å². The second kappa shape index (κ2) is 7.67. The molecule has 1 aromatic heterocycles. The molecule has 0 saturated carbocycles. The van der Waals surface area contributed by atoms with Crippen LogP contribution in [0.15, 0.2) is 21.6 Å². The molecule has 0 aliphatic rings. The summed E-state index contributed by atoms with van der Waals surface area (Å²) < 4.78 is 30.1. The molecule has 0 fully saturated rings. The van der Waals surface area contributed by atoms with Gasteiger partial charge in [0.15, 0.2) is 0 Å². The molecule has 1 aromatic rings. The minimum absolute atomic E-state index is 0.000262. The molecule has 0 bridgehead atoms. The first-order valence-corrected chi connectivity index (χ1v) is 8.14. The molecular weight excluding hydrogens is 264 g/mol. The summed E-state index contributed by atoms with van der Waals surface area (Å²) in [7, 11) is -0.481. The smallest absolute Gasteiger partial charge is 0.275 e. The molecule has 1 N–H and O–H groups in total. The fourth-order valence-electron chi connectivity index (χ4n) is 1.66. The fraction of sp³-hybridized carbons (Fsp3) is 0.692. The van der Waals surface area contributed by atoms with E-state index in [1.165, 1.54) is 39.4 Å². The standard InChI is InChI=1S/C13H24N2O3S/c1-4-5-6-7-10-14-11-12-8-9-13(18-12)19(16,17)15(2)3/h8-9,14H,4-7,10-11H2,1-3H3. The number of furan rings is 1. The van der Waals surface area contributed by atoms with Gasteiger partial charge in [-0.25, -0.2) is 12.7 Å². The monoisotopic (exact) mass is 288 g/mol. The van der Waals surface area contributed by atoms with Crippen LogP contribution in [0.3, 0.4) is 0 Å². The molecule has 0 spiro atoms. The maximum absolute atomic E-state index is 11.8. The van der Waals surface area contributed by atoms with Gasteiger partial charge in [0, 0.05) is 14.1 Å². The number of rotatable bonds is 9. The number of hydrogen-bond acceptors (Lipinski definition) is 4. The van der Waals surface area contributed by atoms with Crippen molar-refractivity contribution in [3.8, 4) is 0 Å². The van der Waals surface area contributed by atoms with Crippen molar-refractivity contribution in [2.45, 2.75) is 44.2 Å². The molecule has 1 heterocycles. The Hall–Kier alpha value is -0.850. The maximum Gasteiger partial charge on any atom is 0.275 e. The Kier molecular flexibility index (Phi) is 6.54. The zero-order chi connectivity index (χ0) is 14.3. The Bertz CT molecular complexity index is 466. The van der Waals surface area contributed by atoms with Crippen molar-refractivity contribution < 1.29 is 12.8 Å². The first-order chi connectivity index (χ1) is 8.98. The zero-order valence-electron chi connectivity index (χ0n) is 12.0. The molecule has 110 valence electrons.